The molecule has 0 aromatic carbocycles. The Bertz CT molecular complexity index is 712. The highest BCUT2D eigenvalue weighted by molar-refractivity contribution is 5.38. The Morgan fingerprint density at radius 3 is 2.62 bits per heavy atom. The molecule has 0 bridgehead atoms. The van der Waals surface area contributed by atoms with E-state index in [-0.39, 0.29) is 0 Å². The molecule has 3 saturated carbocycles. The normalized spacial score (nSPS) is 37.2. The van der Waals surface area contributed by atoms with Crippen molar-refractivity contribution in [2.75, 3.05) is 0 Å². The van der Waals surface area contributed by atoms with Crippen molar-refractivity contribution in [3.8, 4) is 0 Å². The lowest BCUT2D eigenvalue weighted by atomic mass is 9.60. The first-order chi connectivity index (χ1) is 15.0. The van der Waals surface area contributed by atoms with Crippen LogP contribution in [0, 0.1) is 23.2 Å². The second-order valence-electron chi connectivity index (χ2n) is 12.1. The first-order valence-corrected chi connectivity index (χ1v) is 13.2. The molecule has 3 heteroatoms. The summed E-state index contributed by atoms with van der Waals surface area (Å²) in [6, 6.07) is 0. The number of rotatable bonds is 8. The number of fused-ring (bicyclic) bond motifs is 1. The Balaban J connectivity index is 1.61. The number of unbranched alkanes of at least 4 members (excludes halogenated alkanes) is 2. The molecule has 32 heavy (non-hydrogen) atoms. The van der Waals surface area contributed by atoms with Gasteiger partial charge in [0, 0.05) is 6.42 Å². The van der Waals surface area contributed by atoms with Crippen molar-refractivity contribution in [1.82, 2.24) is 0 Å². The molecule has 0 aromatic rings. The fraction of sp³-hybridized carbons (Fsp3) is 0.793. The van der Waals surface area contributed by atoms with Gasteiger partial charge in [-0.15, -0.1) is 0 Å². The van der Waals surface area contributed by atoms with Crippen LogP contribution in [-0.4, -0.2) is 33.1 Å². The van der Waals surface area contributed by atoms with Crippen LogP contribution >= 0.6 is 0 Å². The van der Waals surface area contributed by atoms with Crippen molar-refractivity contribution >= 4 is 0 Å². The molecule has 182 valence electrons. The molecule has 0 amide bonds. The molecule has 0 aliphatic heterocycles. The molecule has 0 radical (unpaired) electrons. The molecule has 3 fully saturated rings. The van der Waals surface area contributed by atoms with Crippen molar-refractivity contribution in [2.24, 2.45) is 23.2 Å². The average molecular weight is 445 g/mol. The first-order valence-electron chi connectivity index (χ1n) is 13.2. The maximum Gasteiger partial charge on any atom is 0.0811 e. The summed E-state index contributed by atoms with van der Waals surface area (Å²) in [4.78, 5) is 0. The van der Waals surface area contributed by atoms with E-state index in [1.54, 1.807) is 5.57 Å². The zero-order valence-corrected chi connectivity index (χ0v) is 21.1. The molecular formula is C29H48O3. The van der Waals surface area contributed by atoms with Gasteiger partial charge in [-0.2, -0.15) is 0 Å². The smallest absolute Gasteiger partial charge is 0.0811 e. The van der Waals surface area contributed by atoms with E-state index in [0.29, 0.717) is 24.2 Å². The van der Waals surface area contributed by atoms with E-state index in [2.05, 4.69) is 32.6 Å². The standard InChI is InChI=1S/C29H48O3/c1-20(10-7-6-8-16-28(3,4)32)25-14-15-26-22(11-9-17-29(25,26)5)12-13-23-18-24(30)19-27(31)21(23)2/h12-13,20,24-27,30-32H,2,6-11,14-19H2,1,3-5H3/b22-12+,23-13+/t20-,24+,25+,26-,27-,29+/m0/s1. The van der Waals surface area contributed by atoms with E-state index in [1.807, 2.05) is 13.8 Å². The van der Waals surface area contributed by atoms with Crippen LogP contribution < -0.4 is 0 Å². The molecule has 3 rings (SSSR count). The molecule has 3 aliphatic carbocycles. The largest absolute Gasteiger partial charge is 0.393 e. The van der Waals surface area contributed by atoms with E-state index in [0.717, 1.165) is 35.8 Å². The Kier molecular flexibility index (Phi) is 8.50. The van der Waals surface area contributed by atoms with E-state index >= 15 is 0 Å². The van der Waals surface area contributed by atoms with Crippen molar-refractivity contribution in [2.45, 2.75) is 123 Å². The molecule has 3 N–H and O–H groups in total. The molecule has 0 saturated heterocycles. The minimum Gasteiger partial charge on any atom is -0.393 e. The average Bonchev–Trinajstić information content (AvgIpc) is 3.06. The van der Waals surface area contributed by atoms with Crippen LogP contribution in [0.4, 0.5) is 0 Å². The number of hydrogen-bond acceptors (Lipinski definition) is 3. The topological polar surface area (TPSA) is 60.7 Å². The summed E-state index contributed by atoms with van der Waals surface area (Å²) in [7, 11) is 0. The van der Waals surface area contributed by atoms with Crippen LogP contribution in [0.3, 0.4) is 0 Å². The SMILES string of the molecule is C=C1/C(=C/C=C2\CCC[C@]3(C)[C@@H]([C@@H](C)CCCCCC(C)(C)O)CC[C@@H]23)C[C@@H](O)C[C@@H]1O. The van der Waals surface area contributed by atoms with E-state index < -0.39 is 17.8 Å². The van der Waals surface area contributed by atoms with Gasteiger partial charge in [0.1, 0.15) is 0 Å². The summed E-state index contributed by atoms with van der Waals surface area (Å²) in [5, 5.41) is 30.1. The summed E-state index contributed by atoms with van der Waals surface area (Å²) < 4.78 is 0. The van der Waals surface area contributed by atoms with Gasteiger partial charge >= 0.3 is 0 Å². The molecule has 0 aromatic heterocycles. The predicted octanol–water partition coefficient (Wildman–Crippen LogP) is 6.48. The van der Waals surface area contributed by atoms with Crippen molar-refractivity contribution in [3.05, 3.63) is 35.5 Å². The van der Waals surface area contributed by atoms with E-state index in [9.17, 15) is 15.3 Å². The van der Waals surface area contributed by atoms with Gasteiger partial charge in [-0.3, -0.25) is 0 Å². The number of allylic oxidation sites excluding steroid dienone is 3. The van der Waals surface area contributed by atoms with Gasteiger partial charge in [0.15, 0.2) is 0 Å². The van der Waals surface area contributed by atoms with Gasteiger partial charge in [0.2, 0.25) is 0 Å². The third-order valence-electron chi connectivity index (χ3n) is 8.94. The Morgan fingerprint density at radius 2 is 1.91 bits per heavy atom. The zero-order chi connectivity index (χ0) is 23.5. The van der Waals surface area contributed by atoms with Crippen LogP contribution in [0.2, 0.25) is 0 Å². The van der Waals surface area contributed by atoms with Crippen LogP contribution in [0.1, 0.15) is 105 Å². The van der Waals surface area contributed by atoms with Gasteiger partial charge in [-0.05, 0) is 93.1 Å². The van der Waals surface area contributed by atoms with Crippen LogP contribution in [0.5, 0.6) is 0 Å². The summed E-state index contributed by atoms with van der Waals surface area (Å²) in [5.41, 5.74) is 3.25. The lowest BCUT2D eigenvalue weighted by Crippen LogP contribution is -2.36. The van der Waals surface area contributed by atoms with Gasteiger partial charge < -0.3 is 15.3 Å². The van der Waals surface area contributed by atoms with E-state index in [4.69, 9.17) is 0 Å². The zero-order valence-electron chi connectivity index (χ0n) is 21.1. The first kappa shape index (κ1) is 25.7. The lowest BCUT2D eigenvalue weighted by Gasteiger charge is -2.44. The predicted molar refractivity (Wildman–Crippen MR) is 133 cm³/mol. The molecule has 3 aliphatic rings. The highest BCUT2D eigenvalue weighted by Crippen LogP contribution is 2.60. The summed E-state index contributed by atoms with van der Waals surface area (Å²) in [5.74, 6) is 2.22. The van der Waals surface area contributed by atoms with Gasteiger partial charge in [0.05, 0.1) is 17.8 Å². The number of hydrogen-bond donors (Lipinski definition) is 3. The van der Waals surface area contributed by atoms with Crippen LogP contribution in [-0.2, 0) is 0 Å². The molecule has 0 unspecified atom stereocenters. The fourth-order valence-electron chi connectivity index (χ4n) is 7.08. The summed E-state index contributed by atoms with van der Waals surface area (Å²) in [6.45, 7) is 12.9. The van der Waals surface area contributed by atoms with Crippen molar-refractivity contribution in [1.29, 1.82) is 0 Å². The van der Waals surface area contributed by atoms with Gasteiger partial charge in [-0.1, -0.05) is 63.8 Å². The minimum absolute atomic E-state index is 0.400. The van der Waals surface area contributed by atoms with Crippen molar-refractivity contribution < 1.29 is 15.3 Å². The Morgan fingerprint density at radius 1 is 1.16 bits per heavy atom. The fourth-order valence-corrected chi connectivity index (χ4v) is 7.08. The van der Waals surface area contributed by atoms with Crippen LogP contribution in [0.15, 0.2) is 35.5 Å². The molecule has 3 nitrogen and oxygen atoms in total. The van der Waals surface area contributed by atoms with Crippen LogP contribution in [0.25, 0.3) is 0 Å². The lowest BCUT2D eigenvalue weighted by molar-refractivity contribution is 0.0672. The van der Waals surface area contributed by atoms with Crippen molar-refractivity contribution in [3.63, 3.8) is 0 Å². The molecule has 0 heterocycles. The Labute approximate surface area is 196 Å². The molecule has 6 atom stereocenters. The summed E-state index contributed by atoms with van der Waals surface area (Å²) in [6.07, 6.45) is 16.6. The molecule has 0 spiro atoms. The second kappa shape index (κ2) is 10.6. The minimum atomic E-state index is -0.611. The van der Waals surface area contributed by atoms with Gasteiger partial charge in [-0.25, -0.2) is 0 Å². The Hall–Kier alpha value is -0.900. The molecular weight excluding hydrogens is 396 g/mol. The van der Waals surface area contributed by atoms with Gasteiger partial charge in [0.25, 0.3) is 0 Å². The highest BCUT2D eigenvalue weighted by Gasteiger charge is 2.50. The quantitative estimate of drug-likeness (QED) is 0.375. The maximum absolute atomic E-state index is 10.2. The summed E-state index contributed by atoms with van der Waals surface area (Å²) >= 11 is 0. The third kappa shape index (κ3) is 6.15. The van der Waals surface area contributed by atoms with E-state index in [1.165, 1.54) is 51.4 Å². The maximum atomic E-state index is 10.2. The number of aliphatic hydroxyl groups excluding tert-OH is 2. The monoisotopic (exact) mass is 444 g/mol. The second-order valence-corrected chi connectivity index (χ2v) is 12.1. The third-order valence-corrected chi connectivity index (χ3v) is 8.94. The highest BCUT2D eigenvalue weighted by atomic mass is 16.3. The number of aliphatic hydroxyl groups is 3.